The zero-order valence-corrected chi connectivity index (χ0v) is 24.4. The fourth-order valence-corrected chi connectivity index (χ4v) is 4.36. The van der Waals surface area contributed by atoms with Crippen LogP contribution in [0.25, 0.3) is 44.5 Å². The Hall–Kier alpha value is -4.44. The van der Waals surface area contributed by atoms with Gasteiger partial charge >= 0.3 is 0 Å². The van der Waals surface area contributed by atoms with E-state index in [9.17, 15) is 4.39 Å². The van der Waals surface area contributed by atoms with Gasteiger partial charge in [0.1, 0.15) is 11.4 Å². The third-order valence-electron chi connectivity index (χ3n) is 6.34. The van der Waals surface area contributed by atoms with Crippen molar-refractivity contribution in [3.05, 3.63) is 156 Å². The first-order chi connectivity index (χ1) is 23.2. The van der Waals surface area contributed by atoms with Crippen LogP contribution in [0, 0.1) is 31.7 Å². The molecule has 0 saturated carbocycles. The van der Waals surface area contributed by atoms with E-state index in [1.165, 1.54) is 48.7 Å². The number of aryl methyl sites for hydroxylation is 2. The van der Waals surface area contributed by atoms with E-state index in [0.717, 1.165) is 16.4 Å². The van der Waals surface area contributed by atoms with Crippen LogP contribution in [-0.4, -0.2) is 9.97 Å². The van der Waals surface area contributed by atoms with Gasteiger partial charge in [-0.1, -0.05) is 66.3 Å². The van der Waals surface area contributed by atoms with E-state index >= 15 is 0 Å². The molecule has 3 aromatic heterocycles. The SMILES string of the molecule is [2H]C([2H])([2H])c1c[c-]c(-c2ccc(C([2H])([2H])[2H])cn2)cc1.[2H]C([2H])(c1ccc(F)cc1)c1ccnc(-c2[c-]ccc3c2oc2ccccc23)c1.[Ir]. The maximum Gasteiger partial charge on any atom is 0.123 e. The number of hydrogen-bond donors (Lipinski definition) is 0. The largest absolute Gasteiger partial charge is 0.501 e. The molecule has 7 rings (SSSR count). The Balaban J connectivity index is 0.000000204. The number of halogens is 1. The predicted octanol–water partition coefficient (Wildman–Crippen LogP) is 9.34. The molecule has 0 aliphatic carbocycles. The number of aromatic nitrogens is 2. The Morgan fingerprint density at radius 3 is 2.40 bits per heavy atom. The van der Waals surface area contributed by atoms with Crippen molar-refractivity contribution in [2.24, 2.45) is 0 Å². The van der Waals surface area contributed by atoms with Crippen molar-refractivity contribution >= 4 is 21.9 Å². The van der Waals surface area contributed by atoms with Gasteiger partial charge in [0.25, 0.3) is 0 Å². The fraction of sp³-hybridized carbons (Fsp3) is 0.0811. The molecule has 0 saturated heterocycles. The third kappa shape index (κ3) is 6.54. The van der Waals surface area contributed by atoms with E-state index in [1.807, 2.05) is 36.4 Å². The molecule has 0 unspecified atom stereocenters. The number of furan rings is 1. The molecular weight excluding hydrogens is 700 g/mol. The standard InChI is InChI=1S/C24H15FNO.C13H12N.Ir/c25-18-10-8-16(9-11-18)14-17-12-13-26-22(15-17)21-6-3-5-20-19-4-1-2-7-23(19)27-24(20)21;1-10-3-6-12(7-4-10)13-8-5-11(2)9-14-13;/h1-5,7-13,15H,14H2;3-6,8-9H,1-2H3;/q2*-1;/i14D2;1D3,2D3;. The average molecular weight is 735 g/mol. The number of hydrogen-bond acceptors (Lipinski definition) is 3. The molecule has 4 aromatic carbocycles. The van der Waals surface area contributed by atoms with Crippen molar-refractivity contribution in [3.8, 4) is 22.5 Å². The molecule has 0 spiro atoms. The van der Waals surface area contributed by atoms with Crippen molar-refractivity contribution in [3.63, 3.8) is 0 Å². The molecule has 42 heavy (non-hydrogen) atoms. The minimum atomic E-state index is -2.18. The van der Waals surface area contributed by atoms with Crippen LogP contribution in [0.4, 0.5) is 4.39 Å². The quantitative estimate of drug-likeness (QED) is 0.169. The van der Waals surface area contributed by atoms with Crippen LogP contribution in [0.3, 0.4) is 0 Å². The van der Waals surface area contributed by atoms with Crippen molar-refractivity contribution in [1.29, 1.82) is 0 Å². The molecule has 0 aliphatic rings. The zero-order chi connectivity index (χ0) is 35.0. The van der Waals surface area contributed by atoms with Crippen molar-refractivity contribution in [2.45, 2.75) is 20.1 Å². The molecule has 209 valence electrons. The Bertz CT molecular complexity index is 2180. The molecule has 0 fully saturated rings. The van der Waals surface area contributed by atoms with E-state index < -0.39 is 25.9 Å². The minimum Gasteiger partial charge on any atom is -0.501 e. The number of nitrogens with zero attached hydrogens (tertiary/aromatic N) is 2. The normalized spacial score (nSPS) is 14.4. The second-order valence-electron chi connectivity index (χ2n) is 9.18. The maximum atomic E-state index is 13.3. The van der Waals surface area contributed by atoms with Crippen LogP contribution in [0.2, 0.25) is 0 Å². The second-order valence-corrected chi connectivity index (χ2v) is 9.18. The first-order valence-corrected chi connectivity index (χ1v) is 12.8. The maximum absolute atomic E-state index is 13.3. The molecular formula is C37H27FIrN2O-2. The number of rotatable bonds is 4. The summed E-state index contributed by atoms with van der Waals surface area (Å²) in [5.74, 6) is -0.397. The summed E-state index contributed by atoms with van der Waals surface area (Å²) in [5, 5.41) is 1.97. The summed E-state index contributed by atoms with van der Waals surface area (Å²) in [6.45, 7) is -4.34. The smallest absolute Gasteiger partial charge is 0.123 e. The van der Waals surface area contributed by atoms with Gasteiger partial charge in [0.15, 0.2) is 0 Å². The van der Waals surface area contributed by atoms with Crippen LogP contribution in [-0.2, 0) is 26.5 Å². The second kappa shape index (κ2) is 13.0. The van der Waals surface area contributed by atoms with E-state index in [4.69, 9.17) is 15.4 Å². The van der Waals surface area contributed by atoms with Crippen molar-refractivity contribution < 1.29 is 39.9 Å². The van der Waals surface area contributed by atoms with E-state index in [0.29, 0.717) is 39.2 Å². The number of benzene rings is 4. The molecule has 0 atom stereocenters. The average Bonchev–Trinajstić information content (AvgIpc) is 3.47. The summed E-state index contributed by atoms with van der Waals surface area (Å²) in [5.41, 5.74) is 5.04. The summed E-state index contributed by atoms with van der Waals surface area (Å²) in [6.07, 6.45) is 1.07. The van der Waals surface area contributed by atoms with E-state index in [2.05, 4.69) is 22.1 Å². The molecule has 3 nitrogen and oxygen atoms in total. The first kappa shape index (κ1) is 20.4. The fourth-order valence-electron chi connectivity index (χ4n) is 4.36. The first-order valence-electron chi connectivity index (χ1n) is 16.8. The van der Waals surface area contributed by atoms with Gasteiger partial charge in [-0.3, -0.25) is 0 Å². The van der Waals surface area contributed by atoms with Gasteiger partial charge in [0.2, 0.25) is 0 Å². The van der Waals surface area contributed by atoms with Gasteiger partial charge < -0.3 is 14.4 Å². The number of para-hydroxylation sites is 1. The van der Waals surface area contributed by atoms with Gasteiger partial charge in [-0.25, -0.2) is 4.39 Å². The zero-order valence-electron chi connectivity index (χ0n) is 30.0. The Morgan fingerprint density at radius 2 is 1.64 bits per heavy atom. The van der Waals surface area contributed by atoms with Crippen LogP contribution in [0.1, 0.15) is 33.2 Å². The van der Waals surface area contributed by atoms with Gasteiger partial charge in [0.05, 0.1) is 5.58 Å². The third-order valence-corrected chi connectivity index (χ3v) is 6.34. The summed E-state index contributed by atoms with van der Waals surface area (Å²) in [4.78, 5) is 8.51. The van der Waals surface area contributed by atoms with Crippen LogP contribution in [0.15, 0.2) is 120 Å². The van der Waals surface area contributed by atoms with Crippen molar-refractivity contribution in [1.82, 2.24) is 9.97 Å². The van der Waals surface area contributed by atoms with Crippen LogP contribution < -0.4 is 0 Å². The topological polar surface area (TPSA) is 38.9 Å². The van der Waals surface area contributed by atoms with E-state index in [-0.39, 0.29) is 31.2 Å². The number of fused-ring (bicyclic) bond motifs is 3. The van der Waals surface area contributed by atoms with Crippen LogP contribution >= 0.6 is 0 Å². The van der Waals surface area contributed by atoms with Gasteiger partial charge in [0, 0.05) is 48.9 Å². The molecule has 3 heterocycles. The van der Waals surface area contributed by atoms with Crippen LogP contribution in [0.5, 0.6) is 0 Å². The molecule has 0 N–H and O–H groups in total. The molecule has 0 aliphatic heterocycles. The van der Waals surface area contributed by atoms with Crippen molar-refractivity contribution in [2.75, 3.05) is 0 Å². The van der Waals surface area contributed by atoms with Gasteiger partial charge in [-0.05, 0) is 65.6 Å². The predicted molar refractivity (Wildman–Crippen MR) is 163 cm³/mol. The molecule has 0 bridgehead atoms. The van der Waals surface area contributed by atoms with Gasteiger partial charge in [-0.2, -0.15) is 0 Å². The van der Waals surface area contributed by atoms with Gasteiger partial charge in [-0.15, -0.1) is 53.6 Å². The summed E-state index contributed by atoms with van der Waals surface area (Å²) >= 11 is 0. The Morgan fingerprint density at radius 1 is 0.810 bits per heavy atom. The minimum absolute atomic E-state index is 0. The molecule has 0 amide bonds. The summed E-state index contributed by atoms with van der Waals surface area (Å²) in [7, 11) is 0. The summed E-state index contributed by atoms with van der Waals surface area (Å²) < 4.78 is 80.1. The molecule has 5 heteroatoms. The Labute approximate surface area is 269 Å². The monoisotopic (exact) mass is 735 g/mol. The molecule has 1 radical (unpaired) electrons. The Kier molecular flexibility index (Phi) is 6.34. The number of pyridine rings is 2. The summed E-state index contributed by atoms with van der Waals surface area (Å²) in [6, 6.07) is 34.0. The molecule has 7 aromatic rings. The van der Waals surface area contributed by atoms with E-state index in [1.54, 1.807) is 30.5 Å².